The highest BCUT2D eigenvalue weighted by atomic mass is 28.4. The van der Waals surface area contributed by atoms with Crippen molar-refractivity contribution >= 4 is 25.8 Å². The first-order valence-electron chi connectivity index (χ1n) is 13.6. The maximum absolute atomic E-state index is 13.1. The predicted molar refractivity (Wildman–Crippen MR) is 142 cm³/mol. The summed E-state index contributed by atoms with van der Waals surface area (Å²) in [7, 11) is -2.57. The van der Waals surface area contributed by atoms with Crippen LogP contribution in [0, 0.1) is 5.92 Å². The third-order valence-corrected chi connectivity index (χ3v) is 10.8. The Balaban J connectivity index is 1.37. The molecule has 9 heteroatoms. The molecule has 0 spiro atoms. The smallest absolute Gasteiger partial charge is 0.241 e. The minimum atomic E-state index is -2.57. The summed E-state index contributed by atoms with van der Waals surface area (Å²) >= 11 is 0. The van der Waals surface area contributed by atoms with Crippen molar-refractivity contribution in [3.63, 3.8) is 0 Å². The van der Waals surface area contributed by atoms with Crippen molar-refractivity contribution in [1.29, 1.82) is 0 Å². The van der Waals surface area contributed by atoms with Crippen molar-refractivity contribution in [2.45, 2.75) is 94.8 Å². The number of hydrogen-bond donors (Lipinski definition) is 4. The number of aryl methyl sites for hydroxylation is 1. The SMILES string of the molecule is C[C@H]1[C@H]([Si](C)(C)O)[C@@H](CC(=O)N2CCC[C@H]2CO)O[C@H]1CCc1cccc(NC(=O)[C@H]2CCCN2)c1. The van der Waals surface area contributed by atoms with Gasteiger partial charge in [-0.05, 0) is 81.8 Å². The molecule has 3 aliphatic heterocycles. The lowest BCUT2D eigenvalue weighted by atomic mass is 9.95. The van der Waals surface area contributed by atoms with Gasteiger partial charge in [-0.2, -0.15) is 0 Å². The molecule has 1 aromatic rings. The Kier molecular flexibility index (Phi) is 8.88. The zero-order chi connectivity index (χ0) is 25.9. The Morgan fingerprint density at radius 1 is 1.22 bits per heavy atom. The van der Waals surface area contributed by atoms with E-state index in [9.17, 15) is 19.5 Å². The molecule has 3 aliphatic rings. The molecular weight excluding hydrogens is 474 g/mol. The molecule has 3 heterocycles. The third kappa shape index (κ3) is 6.37. The Hall–Kier alpha value is -1.78. The topological polar surface area (TPSA) is 111 Å². The average molecular weight is 518 g/mol. The van der Waals surface area contributed by atoms with Gasteiger partial charge in [-0.3, -0.25) is 9.59 Å². The molecule has 0 radical (unpaired) electrons. The van der Waals surface area contributed by atoms with E-state index in [2.05, 4.69) is 23.6 Å². The lowest BCUT2D eigenvalue weighted by molar-refractivity contribution is -0.135. The Morgan fingerprint density at radius 3 is 2.72 bits per heavy atom. The lowest BCUT2D eigenvalue weighted by Gasteiger charge is -2.31. The first kappa shape index (κ1) is 27.3. The number of rotatable bonds is 9. The molecular formula is C27H43N3O5Si. The van der Waals surface area contributed by atoms with Gasteiger partial charge in [0.1, 0.15) is 0 Å². The van der Waals surface area contributed by atoms with Crippen LogP contribution in [-0.2, 0) is 20.7 Å². The first-order chi connectivity index (χ1) is 17.2. The summed E-state index contributed by atoms with van der Waals surface area (Å²) in [6.45, 7) is 7.59. The largest absolute Gasteiger partial charge is 0.432 e. The maximum atomic E-state index is 13.1. The molecule has 0 unspecified atom stereocenters. The van der Waals surface area contributed by atoms with Gasteiger partial charge >= 0.3 is 0 Å². The normalized spacial score (nSPS) is 30.6. The van der Waals surface area contributed by atoms with Crippen LogP contribution >= 0.6 is 0 Å². The van der Waals surface area contributed by atoms with Gasteiger partial charge in [0.05, 0.1) is 37.3 Å². The van der Waals surface area contributed by atoms with Gasteiger partial charge in [0.25, 0.3) is 0 Å². The van der Waals surface area contributed by atoms with Gasteiger partial charge in [-0.15, -0.1) is 0 Å². The molecule has 0 bridgehead atoms. The molecule has 4 N–H and O–H groups in total. The zero-order valence-corrected chi connectivity index (χ0v) is 22.9. The highest BCUT2D eigenvalue weighted by Gasteiger charge is 2.50. The van der Waals surface area contributed by atoms with Crippen LogP contribution in [0.2, 0.25) is 18.6 Å². The van der Waals surface area contributed by atoms with Crippen LogP contribution in [0.25, 0.3) is 0 Å². The predicted octanol–water partition coefficient (Wildman–Crippen LogP) is 2.65. The van der Waals surface area contributed by atoms with Crippen LogP contribution in [0.3, 0.4) is 0 Å². The van der Waals surface area contributed by atoms with Crippen LogP contribution in [-0.4, -0.2) is 78.9 Å². The van der Waals surface area contributed by atoms with Crippen LogP contribution in [0.15, 0.2) is 24.3 Å². The summed E-state index contributed by atoms with van der Waals surface area (Å²) < 4.78 is 6.48. The van der Waals surface area contributed by atoms with Crippen LogP contribution in [0.1, 0.15) is 51.0 Å². The number of carbonyl (C=O) groups excluding carboxylic acids is 2. The van der Waals surface area contributed by atoms with Gasteiger partial charge in [-0.1, -0.05) is 19.1 Å². The number of amides is 2. The van der Waals surface area contributed by atoms with Gasteiger partial charge < -0.3 is 30.2 Å². The fraction of sp³-hybridized carbons (Fsp3) is 0.704. The zero-order valence-electron chi connectivity index (χ0n) is 21.9. The molecule has 6 atom stereocenters. The number of carbonyl (C=O) groups is 2. The summed E-state index contributed by atoms with van der Waals surface area (Å²) in [6.07, 6.45) is 5.16. The van der Waals surface area contributed by atoms with E-state index in [0.29, 0.717) is 6.54 Å². The number of benzene rings is 1. The molecule has 8 nitrogen and oxygen atoms in total. The van der Waals surface area contributed by atoms with Crippen LogP contribution < -0.4 is 10.6 Å². The first-order valence-corrected chi connectivity index (χ1v) is 16.6. The number of nitrogens with zero attached hydrogens (tertiary/aromatic N) is 1. The summed E-state index contributed by atoms with van der Waals surface area (Å²) in [4.78, 5) is 38.4. The molecule has 0 aromatic heterocycles. The van der Waals surface area contributed by atoms with Crippen molar-refractivity contribution in [2.24, 2.45) is 5.92 Å². The molecule has 2 amide bonds. The van der Waals surface area contributed by atoms with Gasteiger partial charge in [-0.25, -0.2) is 0 Å². The number of ether oxygens (including phenoxy) is 1. The molecule has 0 aliphatic carbocycles. The number of hydrogen-bond acceptors (Lipinski definition) is 6. The number of aliphatic hydroxyl groups is 1. The van der Waals surface area contributed by atoms with Gasteiger partial charge in [0, 0.05) is 17.8 Å². The van der Waals surface area contributed by atoms with Crippen molar-refractivity contribution in [3.05, 3.63) is 29.8 Å². The lowest BCUT2D eigenvalue weighted by Crippen LogP contribution is -2.43. The van der Waals surface area contributed by atoms with Crippen LogP contribution in [0.4, 0.5) is 5.69 Å². The molecule has 3 fully saturated rings. The number of nitrogens with one attached hydrogen (secondary N) is 2. The van der Waals surface area contributed by atoms with E-state index in [-0.39, 0.29) is 60.6 Å². The number of aliphatic hydroxyl groups excluding tert-OH is 1. The van der Waals surface area contributed by atoms with E-state index in [4.69, 9.17) is 4.74 Å². The summed E-state index contributed by atoms with van der Waals surface area (Å²) in [5.74, 6) is 0.190. The van der Waals surface area contributed by atoms with E-state index in [1.807, 2.05) is 31.3 Å². The minimum Gasteiger partial charge on any atom is -0.432 e. The second kappa shape index (κ2) is 11.7. The fourth-order valence-electron chi connectivity index (χ4n) is 6.50. The molecule has 0 saturated carbocycles. The number of anilines is 1. The van der Waals surface area contributed by atoms with Gasteiger partial charge in [0.15, 0.2) is 8.32 Å². The molecule has 4 rings (SSSR count). The molecule has 200 valence electrons. The Labute approximate surface area is 215 Å². The fourth-order valence-corrected chi connectivity index (χ4v) is 9.11. The standard InChI is InChI=1S/C27H43N3O5Si/c1-18-23(12-11-19-7-4-8-20(15-19)29-27(33)22-10-5-13-28-22)35-24(26(18)36(2,3)34)16-25(32)30-14-6-9-21(30)17-31/h4,7-8,15,18,21-24,26,28,31,34H,5-6,9-14,16-17H2,1-3H3,(H,29,33)/t18-,21+,22-,23+,24-,26+/m1/s1. The van der Waals surface area contributed by atoms with Crippen molar-refractivity contribution in [2.75, 3.05) is 25.0 Å². The second-order valence-electron chi connectivity index (χ2n) is 11.4. The quantitative estimate of drug-likeness (QED) is 0.375. The van der Waals surface area contributed by atoms with E-state index in [0.717, 1.165) is 56.3 Å². The highest BCUT2D eigenvalue weighted by molar-refractivity contribution is 6.71. The van der Waals surface area contributed by atoms with Crippen molar-refractivity contribution in [1.82, 2.24) is 10.2 Å². The monoisotopic (exact) mass is 517 g/mol. The summed E-state index contributed by atoms with van der Waals surface area (Å²) in [5.41, 5.74) is 1.91. The summed E-state index contributed by atoms with van der Waals surface area (Å²) in [6, 6.07) is 7.76. The highest BCUT2D eigenvalue weighted by Crippen LogP contribution is 2.45. The summed E-state index contributed by atoms with van der Waals surface area (Å²) in [5, 5.41) is 15.9. The van der Waals surface area contributed by atoms with E-state index < -0.39 is 8.32 Å². The molecule has 36 heavy (non-hydrogen) atoms. The van der Waals surface area contributed by atoms with E-state index in [1.54, 1.807) is 4.90 Å². The minimum absolute atomic E-state index is 0.00332. The molecule has 1 aromatic carbocycles. The average Bonchev–Trinajstić information content (AvgIpc) is 3.58. The maximum Gasteiger partial charge on any atom is 0.241 e. The third-order valence-electron chi connectivity index (χ3n) is 8.29. The van der Waals surface area contributed by atoms with Crippen LogP contribution in [0.5, 0.6) is 0 Å². The molecule has 3 saturated heterocycles. The Morgan fingerprint density at radius 2 is 2.03 bits per heavy atom. The number of likely N-dealkylation sites (tertiary alicyclic amines) is 1. The van der Waals surface area contributed by atoms with Gasteiger partial charge in [0.2, 0.25) is 11.8 Å². The Bertz CT molecular complexity index is 917. The van der Waals surface area contributed by atoms with Crippen molar-refractivity contribution < 1.29 is 24.2 Å². The second-order valence-corrected chi connectivity index (χ2v) is 15.4. The van der Waals surface area contributed by atoms with E-state index in [1.165, 1.54) is 0 Å². The van der Waals surface area contributed by atoms with Crippen molar-refractivity contribution in [3.8, 4) is 0 Å². The van der Waals surface area contributed by atoms with E-state index >= 15 is 0 Å².